The second-order valence-corrected chi connectivity index (χ2v) is 5.66. The summed E-state index contributed by atoms with van der Waals surface area (Å²) in [5, 5.41) is 5.82. The van der Waals surface area contributed by atoms with E-state index in [9.17, 15) is 0 Å². The number of hydrogen-bond donors (Lipinski definition) is 1. The molecule has 2 aromatic carbocycles. The minimum Gasteiger partial charge on any atom is -0.456 e. The van der Waals surface area contributed by atoms with E-state index >= 15 is 0 Å². The van der Waals surface area contributed by atoms with Gasteiger partial charge in [-0.15, -0.1) is 0 Å². The van der Waals surface area contributed by atoms with Gasteiger partial charge in [0.1, 0.15) is 11.2 Å². The summed E-state index contributed by atoms with van der Waals surface area (Å²) in [5.41, 5.74) is 5.65. The highest BCUT2D eigenvalue weighted by Crippen LogP contribution is 2.36. The van der Waals surface area contributed by atoms with Gasteiger partial charge < -0.3 is 9.73 Å². The van der Waals surface area contributed by atoms with Gasteiger partial charge in [0.15, 0.2) is 0 Å². The van der Waals surface area contributed by atoms with E-state index in [4.69, 9.17) is 4.42 Å². The van der Waals surface area contributed by atoms with Crippen molar-refractivity contribution in [2.24, 2.45) is 0 Å². The lowest BCUT2D eigenvalue weighted by molar-refractivity contribution is 0.646. The van der Waals surface area contributed by atoms with E-state index in [1.165, 1.54) is 27.5 Å². The molecule has 3 aromatic rings. The smallest absolute Gasteiger partial charge is 0.141 e. The first-order valence-electron chi connectivity index (χ1n) is 7.26. The quantitative estimate of drug-likeness (QED) is 0.676. The maximum atomic E-state index is 6.15. The van der Waals surface area contributed by atoms with Crippen LogP contribution in [0.15, 0.2) is 64.7 Å². The van der Waals surface area contributed by atoms with Gasteiger partial charge in [0, 0.05) is 22.5 Å². The van der Waals surface area contributed by atoms with Crippen LogP contribution in [-0.4, -0.2) is 0 Å². The molecule has 21 heavy (non-hydrogen) atoms. The molecule has 0 bridgehead atoms. The summed E-state index contributed by atoms with van der Waals surface area (Å²) in [6, 6.07) is 12.7. The van der Waals surface area contributed by atoms with Crippen LogP contribution in [0.1, 0.15) is 24.1 Å². The molecule has 1 aliphatic rings. The molecule has 1 atom stereocenters. The van der Waals surface area contributed by atoms with Gasteiger partial charge in [-0.05, 0) is 31.1 Å². The van der Waals surface area contributed by atoms with Gasteiger partial charge in [0.2, 0.25) is 0 Å². The zero-order chi connectivity index (χ0) is 14.4. The minimum absolute atomic E-state index is 0.165. The van der Waals surface area contributed by atoms with Crippen LogP contribution in [0.2, 0.25) is 0 Å². The number of allylic oxidation sites excluding steroid dienone is 2. The highest BCUT2D eigenvalue weighted by atomic mass is 16.3. The first kappa shape index (κ1) is 12.3. The van der Waals surface area contributed by atoms with E-state index in [-0.39, 0.29) is 6.04 Å². The van der Waals surface area contributed by atoms with Crippen LogP contribution in [0.4, 0.5) is 0 Å². The van der Waals surface area contributed by atoms with Crippen molar-refractivity contribution in [1.82, 2.24) is 5.32 Å². The molecule has 4 rings (SSSR count). The average molecular weight is 275 g/mol. The Morgan fingerprint density at radius 1 is 1.00 bits per heavy atom. The van der Waals surface area contributed by atoms with E-state index in [0.717, 1.165) is 11.2 Å². The van der Waals surface area contributed by atoms with Gasteiger partial charge in [0.25, 0.3) is 0 Å². The molecule has 104 valence electrons. The van der Waals surface area contributed by atoms with Gasteiger partial charge >= 0.3 is 0 Å². The molecule has 1 aromatic heterocycles. The van der Waals surface area contributed by atoms with Gasteiger partial charge in [0.05, 0.1) is 6.04 Å². The molecule has 0 spiro atoms. The van der Waals surface area contributed by atoms with Gasteiger partial charge in [-0.2, -0.15) is 0 Å². The van der Waals surface area contributed by atoms with E-state index in [0.29, 0.717) is 0 Å². The lowest BCUT2D eigenvalue weighted by Gasteiger charge is -2.20. The zero-order valence-electron chi connectivity index (χ0n) is 12.2. The van der Waals surface area contributed by atoms with Gasteiger partial charge in [-0.3, -0.25) is 0 Å². The maximum absolute atomic E-state index is 6.15. The number of hydrogen-bond acceptors (Lipinski definition) is 2. The van der Waals surface area contributed by atoms with Crippen LogP contribution in [0.25, 0.3) is 21.9 Å². The molecule has 0 saturated carbocycles. The van der Waals surface area contributed by atoms with E-state index < -0.39 is 0 Å². The van der Waals surface area contributed by atoms with E-state index in [1.54, 1.807) is 0 Å². The highest BCUT2D eigenvalue weighted by molar-refractivity contribution is 6.06. The van der Waals surface area contributed by atoms with E-state index in [1.807, 2.05) is 12.1 Å². The van der Waals surface area contributed by atoms with Crippen molar-refractivity contribution in [3.8, 4) is 0 Å². The molecule has 0 radical (unpaired) electrons. The van der Waals surface area contributed by atoms with Crippen molar-refractivity contribution in [3.63, 3.8) is 0 Å². The summed E-state index contributed by atoms with van der Waals surface area (Å²) in [4.78, 5) is 0. The van der Waals surface area contributed by atoms with Gasteiger partial charge in [-0.1, -0.05) is 42.5 Å². The molecule has 0 saturated heterocycles. The Balaban J connectivity index is 1.99. The molecule has 2 nitrogen and oxygen atoms in total. The largest absolute Gasteiger partial charge is 0.456 e. The first-order valence-corrected chi connectivity index (χ1v) is 7.26. The molecular weight excluding hydrogens is 258 g/mol. The average Bonchev–Trinajstić information content (AvgIpc) is 2.87. The summed E-state index contributed by atoms with van der Waals surface area (Å²) >= 11 is 0. The molecule has 1 aliphatic heterocycles. The van der Waals surface area contributed by atoms with Crippen LogP contribution in [0, 0.1) is 6.92 Å². The van der Waals surface area contributed by atoms with Crippen molar-refractivity contribution in [2.75, 3.05) is 0 Å². The highest BCUT2D eigenvalue weighted by Gasteiger charge is 2.19. The Morgan fingerprint density at radius 2 is 1.86 bits per heavy atom. The molecule has 0 fully saturated rings. The third kappa shape index (κ3) is 1.87. The first-order chi connectivity index (χ1) is 10.2. The van der Waals surface area contributed by atoms with Crippen LogP contribution >= 0.6 is 0 Å². The Labute approximate surface area is 123 Å². The SMILES string of the molecule is CC1=CNC(c2c(C)ccc3c2oc2ccccc23)C=C1. The van der Waals surface area contributed by atoms with Crippen molar-refractivity contribution >= 4 is 21.9 Å². The number of para-hydroxylation sites is 1. The molecular formula is C19H17NO. The summed E-state index contributed by atoms with van der Waals surface area (Å²) in [7, 11) is 0. The summed E-state index contributed by atoms with van der Waals surface area (Å²) in [6.07, 6.45) is 6.41. The number of fused-ring (bicyclic) bond motifs is 3. The predicted octanol–water partition coefficient (Wildman–Crippen LogP) is 5.00. The predicted molar refractivity (Wildman–Crippen MR) is 87.2 cm³/mol. The number of aryl methyl sites for hydroxylation is 1. The number of benzene rings is 2. The third-order valence-electron chi connectivity index (χ3n) is 4.16. The number of furan rings is 1. The monoisotopic (exact) mass is 275 g/mol. The number of dihydropyridines is 1. The molecule has 0 aliphatic carbocycles. The molecule has 2 heteroatoms. The Morgan fingerprint density at radius 3 is 2.67 bits per heavy atom. The summed E-state index contributed by atoms with van der Waals surface area (Å²) in [6.45, 7) is 4.23. The fourth-order valence-corrected chi connectivity index (χ4v) is 3.05. The Kier molecular flexibility index (Phi) is 2.64. The Bertz CT molecular complexity index is 898. The minimum atomic E-state index is 0.165. The van der Waals surface area contributed by atoms with Gasteiger partial charge in [-0.25, -0.2) is 0 Å². The Hall–Kier alpha value is -2.48. The van der Waals surface area contributed by atoms with Crippen molar-refractivity contribution < 1.29 is 4.42 Å². The normalized spacial score (nSPS) is 18.0. The number of rotatable bonds is 1. The van der Waals surface area contributed by atoms with E-state index in [2.05, 4.69) is 61.8 Å². The van der Waals surface area contributed by atoms with Crippen LogP contribution in [-0.2, 0) is 0 Å². The maximum Gasteiger partial charge on any atom is 0.141 e. The molecule has 0 amide bonds. The van der Waals surface area contributed by atoms with Crippen LogP contribution in [0.3, 0.4) is 0 Å². The fourth-order valence-electron chi connectivity index (χ4n) is 3.05. The zero-order valence-corrected chi connectivity index (χ0v) is 12.2. The van der Waals surface area contributed by atoms with Crippen LogP contribution < -0.4 is 5.32 Å². The van der Waals surface area contributed by atoms with Crippen molar-refractivity contribution in [3.05, 3.63) is 71.5 Å². The summed E-state index contributed by atoms with van der Waals surface area (Å²) in [5.74, 6) is 0. The number of nitrogens with one attached hydrogen (secondary N) is 1. The standard InChI is InChI=1S/C19H17NO/c1-12-7-10-16(20-11-12)18-13(2)8-9-15-14-5-3-4-6-17(14)21-19(15)18/h3-11,16,20H,1-2H3. The second-order valence-electron chi connectivity index (χ2n) is 5.66. The molecule has 2 heterocycles. The molecule has 1 N–H and O–H groups in total. The second kappa shape index (κ2) is 4.52. The third-order valence-corrected chi connectivity index (χ3v) is 4.16. The lowest BCUT2D eigenvalue weighted by Crippen LogP contribution is -2.17. The fraction of sp³-hybridized carbons (Fsp3) is 0.158. The lowest BCUT2D eigenvalue weighted by atomic mass is 9.96. The topological polar surface area (TPSA) is 25.2 Å². The van der Waals surface area contributed by atoms with Crippen molar-refractivity contribution in [2.45, 2.75) is 19.9 Å². The van der Waals surface area contributed by atoms with Crippen molar-refractivity contribution in [1.29, 1.82) is 0 Å². The van der Waals surface area contributed by atoms with Crippen LogP contribution in [0.5, 0.6) is 0 Å². The molecule has 1 unspecified atom stereocenters. The summed E-state index contributed by atoms with van der Waals surface area (Å²) < 4.78 is 6.15.